The van der Waals surface area contributed by atoms with Gasteiger partial charge in [-0.15, -0.1) is 0 Å². The molecule has 2 heteroatoms. The monoisotopic (exact) mass is 346 g/mol. The van der Waals surface area contributed by atoms with Gasteiger partial charge in [-0.1, -0.05) is 52.0 Å². The van der Waals surface area contributed by atoms with E-state index in [0.717, 1.165) is 19.6 Å². The second-order valence-corrected chi connectivity index (χ2v) is 8.26. The zero-order valence-corrected chi connectivity index (χ0v) is 16.5. The van der Waals surface area contributed by atoms with Crippen LogP contribution in [0, 0.1) is 0 Å². The molecule has 1 aliphatic heterocycles. The van der Waals surface area contributed by atoms with E-state index < -0.39 is 0 Å². The second kappa shape index (κ2) is 6.83. The summed E-state index contributed by atoms with van der Waals surface area (Å²) in [6.45, 7) is 12.3. The summed E-state index contributed by atoms with van der Waals surface area (Å²) in [5.74, 6) is 1.18. The molecule has 0 atom stereocenters. The Hall–Kier alpha value is -2.22. The summed E-state index contributed by atoms with van der Waals surface area (Å²) < 4.78 is 2.42. The molecule has 0 saturated heterocycles. The average molecular weight is 347 g/mol. The first-order chi connectivity index (χ1) is 12.5. The van der Waals surface area contributed by atoms with Crippen molar-refractivity contribution in [2.75, 3.05) is 18.0 Å². The van der Waals surface area contributed by atoms with E-state index in [4.69, 9.17) is 0 Å². The van der Waals surface area contributed by atoms with E-state index in [1.54, 1.807) is 0 Å². The van der Waals surface area contributed by atoms with Gasteiger partial charge in [0.15, 0.2) is 0 Å². The Balaban J connectivity index is 1.52. The second-order valence-electron chi connectivity index (χ2n) is 8.26. The Morgan fingerprint density at radius 3 is 2.35 bits per heavy atom. The molecule has 136 valence electrons. The number of anilines is 1. The molecule has 26 heavy (non-hydrogen) atoms. The highest BCUT2D eigenvalue weighted by Gasteiger charge is 2.19. The maximum Gasteiger partial charge on any atom is 0.0483 e. The van der Waals surface area contributed by atoms with E-state index in [0.29, 0.717) is 11.8 Å². The predicted molar refractivity (Wildman–Crippen MR) is 112 cm³/mol. The lowest BCUT2D eigenvalue weighted by atomic mass is 10.00. The molecule has 3 aromatic rings. The van der Waals surface area contributed by atoms with Crippen LogP contribution in [0.15, 0.2) is 48.7 Å². The molecule has 0 amide bonds. The van der Waals surface area contributed by atoms with E-state index in [9.17, 15) is 0 Å². The van der Waals surface area contributed by atoms with Crippen LogP contribution in [0.25, 0.3) is 10.9 Å². The van der Waals surface area contributed by atoms with E-state index in [-0.39, 0.29) is 0 Å². The number of benzene rings is 2. The van der Waals surface area contributed by atoms with Gasteiger partial charge in [0, 0.05) is 37.0 Å². The summed E-state index contributed by atoms with van der Waals surface area (Å²) in [4.78, 5) is 2.55. The molecule has 0 unspecified atom stereocenters. The van der Waals surface area contributed by atoms with Crippen LogP contribution < -0.4 is 4.90 Å². The fourth-order valence-corrected chi connectivity index (χ4v) is 4.06. The summed E-state index contributed by atoms with van der Waals surface area (Å²) in [6.07, 6.45) is 3.42. The molecular formula is C24H30N2. The first-order valence-electron chi connectivity index (χ1n) is 9.99. The zero-order valence-electron chi connectivity index (χ0n) is 16.5. The molecule has 0 fully saturated rings. The SMILES string of the molecule is CC(C)c1ccc2c(c1)CCN2CCn1ccc2ccc(C(C)C)cc21. The van der Waals surface area contributed by atoms with Gasteiger partial charge in [0.1, 0.15) is 0 Å². The number of hydrogen-bond acceptors (Lipinski definition) is 1. The summed E-state index contributed by atoms with van der Waals surface area (Å²) in [6, 6.07) is 16.2. The summed E-state index contributed by atoms with van der Waals surface area (Å²) in [5.41, 5.74) is 7.21. The molecule has 0 bridgehead atoms. The molecule has 0 radical (unpaired) electrons. The van der Waals surface area contributed by atoms with Crippen LogP contribution >= 0.6 is 0 Å². The van der Waals surface area contributed by atoms with Crippen LogP contribution in [-0.4, -0.2) is 17.7 Å². The molecular weight excluding hydrogens is 316 g/mol. The van der Waals surface area contributed by atoms with Gasteiger partial charge >= 0.3 is 0 Å². The molecule has 4 rings (SSSR count). The fraction of sp³-hybridized carbons (Fsp3) is 0.417. The van der Waals surface area contributed by atoms with Crippen molar-refractivity contribution in [3.8, 4) is 0 Å². The average Bonchev–Trinajstić information content (AvgIpc) is 3.22. The van der Waals surface area contributed by atoms with Gasteiger partial charge in [0.2, 0.25) is 0 Å². The lowest BCUT2D eigenvalue weighted by Gasteiger charge is -2.21. The maximum absolute atomic E-state index is 2.55. The molecule has 2 heterocycles. The van der Waals surface area contributed by atoms with Crippen molar-refractivity contribution in [1.82, 2.24) is 4.57 Å². The number of hydrogen-bond donors (Lipinski definition) is 0. The van der Waals surface area contributed by atoms with Gasteiger partial charge in [0.25, 0.3) is 0 Å². The highest BCUT2D eigenvalue weighted by Crippen LogP contribution is 2.31. The third kappa shape index (κ3) is 3.13. The third-order valence-corrected chi connectivity index (χ3v) is 5.84. The molecule has 0 aliphatic carbocycles. The molecule has 2 aromatic carbocycles. The molecule has 0 saturated carbocycles. The van der Waals surface area contributed by atoms with Crippen LogP contribution in [0.1, 0.15) is 56.2 Å². The van der Waals surface area contributed by atoms with Gasteiger partial charge in [0.05, 0.1) is 0 Å². The van der Waals surface area contributed by atoms with Gasteiger partial charge in [-0.3, -0.25) is 0 Å². The number of nitrogens with zero attached hydrogens (tertiary/aromatic N) is 2. The van der Waals surface area contributed by atoms with Crippen molar-refractivity contribution >= 4 is 16.6 Å². The lowest BCUT2D eigenvalue weighted by molar-refractivity contribution is 0.686. The van der Waals surface area contributed by atoms with Crippen molar-refractivity contribution < 1.29 is 0 Å². The molecule has 1 aromatic heterocycles. The molecule has 0 N–H and O–H groups in total. The molecule has 0 spiro atoms. The van der Waals surface area contributed by atoms with Crippen molar-refractivity contribution in [1.29, 1.82) is 0 Å². The Kier molecular flexibility index (Phi) is 4.52. The summed E-state index contributed by atoms with van der Waals surface area (Å²) >= 11 is 0. The largest absolute Gasteiger partial charge is 0.369 e. The third-order valence-electron chi connectivity index (χ3n) is 5.84. The highest BCUT2D eigenvalue weighted by molar-refractivity contribution is 5.81. The van der Waals surface area contributed by atoms with Crippen LogP contribution in [0.3, 0.4) is 0 Å². The quantitative estimate of drug-likeness (QED) is 0.554. The summed E-state index contributed by atoms with van der Waals surface area (Å²) in [5, 5.41) is 1.35. The minimum Gasteiger partial charge on any atom is -0.369 e. The first kappa shape index (κ1) is 17.2. The van der Waals surface area contributed by atoms with Gasteiger partial charge in [-0.2, -0.15) is 0 Å². The van der Waals surface area contributed by atoms with E-state index in [1.165, 1.54) is 39.7 Å². The van der Waals surface area contributed by atoms with Crippen molar-refractivity contribution in [3.63, 3.8) is 0 Å². The van der Waals surface area contributed by atoms with Gasteiger partial charge < -0.3 is 9.47 Å². The van der Waals surface area contributed by atoms with E-state index >= 15 is 0 Å². The minimum atomic E-state index is 0.573. The van der Waals surface area contributed by atoms with Crippen molar-refractivity contribution in [2.45, 2.75) is 52.5 Å². The topological polar surface area (TPSA) is 8.17 Å². The number of rotatable bonds is 5. The number of fused-ring (bicyclic) bond motifs is 2. The lowest BCUT2D eigenvalue weighted by Crippen LogP contribution is -2.25. The predicted octanol–water partition coefficient (Wildman–Crippen LogP) is 5.95. The van der Waals surface area contributed by atoms with Gasteiger partial charge in [-0.05, 0) is 58.5 Å². The van der Waals surface area contributed by atoms with Gasteiger partial charge in [-0.25, -0.2) is 0 Å². The van der Waals surface area contributed by atoms with Crippen molar-refractivity contribution in [2.24, 2.45) is 0 Å². The van der Waals surface area contributed by atoms with Crippen LogP contribution in [0.4, 0.5) is 5.69 Å². The minimum absolute atomic E-state index is 0.573. The Labute approximate surface area is 157 Å². The standard InChI is InChI=1S/C24H30N2/c1-17(2)20-7-8-23-22(15-20)10-12-25(23)13-14-26-11-9-19-5-6-21(18(3)4)16-24(19)26/h5-9,11,15-18H,10,12-14H2,1-4H3. The van der Waals surface area contributed by atoms with E-state index in [2.05, 4.69) is 85.8 Å². The smallest absolute Gasteiger partial charge is 0.0483 e. The molecule has 2 nitrogen and oxygen atoms in total. The van der Waals surface area contributed by atoms with E-state index in [1.807, 2.05) is 0 Å². The maximum atomic E-state index is 2.55. The normalized spacial score (nSPS) is 14.0. The highest BCUT2D eigenvalue weighted by atomic mass is 15.2. The molecule has 1 aliphatic rings. The first-order valence-corrected chi connectivity index (χ1v) is 9.99. The fourth-order valence-electron chi connectivity index (χ4n) is 4.06. The summed E-state index contributed by atoms with van der Waals surface area (Å²) in [7, 11) is 0. The van der Waals surface area contributed by atoms with Crippen LogP contribution in [0.5, 0.6) is 0 Å². The Morgan fingerprint density at radius 2 is 1.58 bits per heavy atom. The Bertz CT molecular complexity index is 917. The van der Waals surface area contributed by atoms with Crippen LogP contribution in [0.2, 0.25) is 0 Å². The zero-order chi connectivity index (χ0) is 18.3. The number of aromatic nitrogens is 1. The Morgan fingerprint density at radius 1 is 0.846 bits per heavy atom. The van der Waals surface area contributed by atoms with Crippen molar-refractivity contribution in [3.05, 3.63) is 65.4 Å². The van der Waals surface area contributed by atoms with Crippen LogP contribution in [-0.2, 0) is 13.0 Å².